The molecule has 0 radical (unpaired) electrons. The van der Waals surface area contributed by atoms with E-state index in [2.05, 4.69) is 24.2 Å². The maximum atomic E-state index is 13.7. The minimum atomic E-state index is -4.38. The van der Waals surface area contributed by atoms with Gasteiger partial charge in [0.1, 0.15) is 29.8 Å². The normalized spacial score (nSPS) is 13.4. The molecule has 0 aliphatic carbocycles. The smallest absolute Gasteiger partial charge is 0.413 e. The number of alkyl carbamates (subject to hydrolysis) is 1. The first kappa shape index (κ1) is 65.0. The number of fused-ring (bicyclic) bond motifs is 4. The molecule has 5 N–H and O–H groups in total. The Morgan fingerprint density at radius 1 is 0.612 bits per heavy atom. The summed E-state index contributed by atoms with van der Waals surface area (Å²) in [6, 6.07) is 25.7. The molecule has 20 nitrogen and oxygen atoms in total. The first-order chi connectivity index (χ1) is 40.4. The number of amides is 3. The van der Waals surface area contributed by atoms with Gasteiger partial charge in [-0.05, 0) is 154 Å². The van der Waals surface area contributed by atoms with E-state index in [1.807, 2.05) is 90.4 Å². The third-order valence-electron chi connectivity index (χ3n) is 13.6. The minimum Gasteiger partial charge on any atom is -0.444 e. The predicted octanol–water partition coefficient (Wildman–Crippen LogP) is 12.1. The maximum absolute atomic E-state index is 13.7. The first-order valence-electron chi connectivity index (χ1n) is 28.8. The van der Waals surface area contributed by atoms with Crippen LogP contribution in [0.1, 0.15) is 112 Å². The number of aliphatic imine (C=N–C) groups is 2. The highest BCUT2D eigenvalue weighted by Gasteiger charge is 2.28. The van der Waals surface area contributed by atoms with Crippen molar-refractivity contribution in [3.8, 4) is 22.3 Å². The molecule has 0 spiro atoms. The Labute approximate surface area is 495 Å². The number of nitrogens with zero attached hydrogens (tertiary/aromatic N) is 6. The summed E-state index contributed by atoms with van der Waals surface area (Å²) in [5.41, 5.74) is 12.1. The third kappa shape index (κ3) is 17.1. The topological polar surface area (TPSA) is 267 Å². The van der Waals surface area contributed by atoms with E-state index in [4.69, 9.17) is 24.5 Å². The van der Waals surface area contributed by atoms with Crippen LogP contribution in [-0.4, -0.2) is 103 Å². The van der Waals surface area contributed by atoms with E-state index in [9.17, 15) is 42.9 Å². The average molecular weight is 1200 g/mol. The Balaban J connectivity index is 0.000000252. The lowest BCUT2D eigenvalue weighted by Gasteiger charge is -2.23. The zero-order chi connectivity index (χ0) is 61.8. The minimum absolute atomic E-state index is 0.0160. The quantitative estimate of drug-likeness (QED) is 0.0519. The highest BCUT2D eigenvalue weighted by Crippen LogP contribution is 2.49. The molecule has 2 aliphatic heterocycles. The molecule has 0 unspecified atom stereocenters. The number of amidine groups is 2. The first-order valence-corrected chi connectivity index (χ1v) is 32.3. The molecular formula is C63H78N8O12P2. The number of carbonyl (C=O) groups is 3. The lowest BCUT2D eigenvalue weighted by molar-refractivity contribution is -0.128. The van der Waals surface area contributed by atoms with Crippen LogP contribution in [0.5, 0.6) is 0 Å². The van der Waals surface area contributed by atoms with Gasteiger partial charge in [0.25, 0.3) is 11.1 Å². The molecule has 22 heteroatoms. The summed E-state index contributed by atoms with van der Waals surface area (Å²) in [7, 11) is -7.86. The van der Waals surface area contributed by atoms with Crippen molar-refractivity contribution >= 4 is 89.8 Å². The van der Waals surface area contributed by atoms with E-state index in [0.717, 1.165) is 63.6 Å². The van der Waals surface area contributed by atoms with Crippen LogP contribution in [0.4, 0.5) is 16.2 Å². The number of hydrogen-bond acceptors (Lipinski definition) is 13. The van der Waals surface area contributed by atoms with E-state index in [-0.39, 0.29) is 49.7 Å². The number of ether oxygens (including phenoxy) is 1. The molecule has 452 valence electrons. The number of nitrogens with two attached hydrogens (primary N) is 1. The van der Waals surface area contributed by atoms with E-state index >= 15 is 0 Å². The number of hydrogen-bond donors (Lipinski definition) is 4. The lowest BCUT2D eigenvalue weighted by atomic mass is 9.99. The zero-order valence-electron chi connectivity index (χ0n) is 49.9. The molecule has 0 saturated carbocycles. The number of aromatic nitrogens is 2. The average Bonchev–Trinajstić information content (AvgIpc) is 2.48. The molecule has 0 bridgehead atoms. The molecule has 3 amide bonds. The lowest BCUT2D eigenvalue weighted by Crippen LogP contribution is -2.38. The van der Waals surface area contributed by atoms with Gasteiger partial charge in [-0.25, -0.2) is 14.8 Å². The molecule has 8 rings (SSSR count). The van der Waals surface area contributed by atoms with Crippen LogP contribution in [0, 0.1) is 0 Å². The monoisotopic (exact) mass is 1200 g/mol. The Kier molecular flexibility index (Phi) is 21.8. The van der Waals surface area contributed by atoms with Gasteiger partial charge in [-0.15, -0.1) is 0 Å². The van der Waals surface area contributed by atoms with E-state index in [1.165, 1.54) is 10.8 Å². The van der Waals surface area contributed by atoms with Crippen LogP contribution in [0.3, 0.4) is 0 Å². The van der Waals surface area contributed by atoms with Crippen molar-refractivity contribution in [2.75, 3.05) is 39.4 Å². The molecule has 2 aliphatic rings. The van der Waals surface area contributed by atoms with E-state index in [1.54, 1.807) is 71.1 Å². The van der Waals surface area contributed by atoms with Crippen molar-refractivity contribution in [1.82, 2.24) is 24.3 Å². The van der Waals surface area contributed by atoms with Crippen molar-refractivity contribution in [2.24, 2.45) is 15.7 Å². The van der Waals surface area contributed by atoms with Crippen molar-refractivity contribution in [3.05, 3.63) is 140 Å². The van der Waals surface area contributed by atoms with E-state index < -0.39 is 38.7 Å². The third-order valence-corrected chi connectivity index (χ3v) is 16.3. The highest BCUT2D eigenvalue weighted by molar-refractivity contribution is 7.52. The van der Waals surface area contributed by atoms with Crippen molar-refractivity contribution in [2.45, 2.75) is 119 Å². The standard InChI is InChI=1S/C36H47N4O7P.C27H31N4O5P/c1-8-17-39(18-9-2)33(41)29-21-28-13-12-26(22-31(28)37-32(23-29)38-35(43)47-36(5,6)7)25-14-15-30-27(20-25)16-19-40(34(30)42)24-48(44,45-10-3)46-11-4;1-3-10-30(11-4-2)26(32)22-14-21-6-5-19(15-24(21)29-25(28)16-22)18-7-8-23-20(13-18)9-12-31(27(23)33)17-37(34,35)36/h12-16,19-22H,8-11,17-18,23-24H2,1-7H3,(H,37,38,43);5-9,12-15H,3-4,10-11,16-17H2,1-2H3,(H2,28,29)(H2,34,35,36). The second-order valence-electron chi connectivity index (χ2n) is 21.8. The number of benzene rings is 4. The molecule has 0 atom stereocenters. The van der Waals surface area contributed by atoms with Gasteiger partial charge in [0.2, 0.25) is 11.8 Å². The zero-order valence-corrected chi connectivity index (χ0v) is 51.7. The van der Waals surface area contributed by atoms with Crippen LogP contribution in [-0.2, 0) is 45.1 Å². The van der Waals surface area contributed by atoms with Crippen LogP contribution in [0.15, 0.2) is 128 Å². The molecule has 6 aromatic rings. The summed E-state index contributed by atoms with van der Waals surface area (Å²) in [5.74, 6) is 0.571. The van der Waals surface area contributed by atoms with Crippen molar-refractivity contribution < 1.29 is 47.1 Å². The van der Waals surface area contributed by atoms with Crippen LogP contribution >= 0.6 is 15.2 Å². The largest absolute Gasteiger partial charge is 0.444 e. The van der Waals surface area contributed by atoms with Crippen molar-refractivity contribution in [3.63, 3.8) is 0 Å². The van der Waals surface area contributed by atoms with Gasteiger partial charge >= 0.3 is 21.3 Å². The Morgan fingerprint density at radius 3 is 1.47 bits per heavy atom. The van der Waals surface area contributed by atoms with Gasteiger partial charge in [-0.1, -0.05) is 64.1 Å². The van der Waals surface area contributed by atoms with Gasteiger partial charge in [0.15, 0.2) is 0 Å². The van der Waals surface area contributed by atoms with Gasteiger partial charge in [0.05, 0.1) is 24.6 Å². The number of pyridine rings is 2. The van der Waals surface area contributed by atoms with Crippen LogP contribution < -0.4 is 22.2 Å². The van der Waals surface area contributed by atoms with E-state index in [0.29, 0.717) is 81.9 Å². The van der Waals surface area contributed by atoms with Gasteiger partial charge in [-0.2, -0.15) is 0 Å². The number of carbonyl (C=O) groups excluding carboxylic acids is 3. The highest BCUT2D eigenvalue weighted by atomic mass is 31.2. The number of nitrogens with one attached hydrogen (secondary N) is 1. The fourth-order valence-corrected chi connectivity index (χ4v) is 12.3. The van der Waals surface area contributed by atoms with Gasteiger partial charge in [-0.3, -0.25) is 33.6 Å². The fourth-order valence-electron chi connectivity index (χ4n) is 10.1. The summed E-state index contributed by atoms with van der Waals surface area (Å²) >= 11 is 0. The maximum Gasteiger partial charge on any atom is 0.413 e. The molecule has 4 aromatic carbocycles. The molecule has 0 saturated heterocycles. The molecular weight excluding hydrogens is 1120 g/mol. The van der Waals surface area contributed by atoms with Gasteiger partial charge < -0.3 is 48.2 Å². The molecule has 4 heterocycles. The Morgan fingerprint density at radius 2 is 1.04 bits per heavy atom. The summed E-state index contributed by atoms with van der Waals surface area (Å²) in [6.45, 7) is 20.0. The second-order valence-corrected chi connectivity index (χ2v) is 25.4. The number of rotatable bonds is 20. The summed E-state index contributed by atoms with van der Waals surface area (Å²) in [4.78, 5) is 97.3. The summed E-state index contributed by atoms with van der Waals surface area (Å²) < 4.78 is 43.0. The molecule has 2 aromatic heterocycles. The summed E-state index contributed by atoms with van der Waals surface area (Å²) in [5, 5.41) is 4.97. The Hall–Kier alpha value is -7.57. The second kappa shape index (κ2) is 28.5. The van der Waals surface area contributed by atoms with Crippen LogP contribution in [0.25, 0.3) is 56.0 Å². The Bertz CT molecular complexity index is 3810. The molecule has 0 fully saturated rings. The van der Waals surface area contributed by atoms with Crippen LogP contribution in [0.2, 0.25) is 0 Å². The predicted molar refractivity (Wildman–Crippen MR) is 337 cm³/mol. The van der Waals surface area contributed by atoms with Gasteiger partial charge in [0, 0.05) is 84.5 Å². The fraction of sp³-hybridized carbons (Fsp3) is 0.381. The summed E-state index contributed by atoms with van der Waals surface area (Å²) in [6.07, 6.45) is 9.04. The molecule has 85 heavy (non-hydrogen) atoms. The SMILES string of the molecule is CCCN(CCC)C(=O)C1=Cc2ccc(-c3ccc4c(=O)n(CP(=O)(O)O)ccc4c3)cc2N=C(N)C1.CCCN(CCC)C(=O)C1=Cc2ccc(-c3ccc4c(=O)n(CP(=O)(OCC)OCC)ccc4c3)cc2N=C(NC(=O)OC(C)(C)C)C1. The van der Waals surface area contributed by atoms with Crippen molar-refractivity contribution in [1.29, 1.82) is 0 Å².